The number of rotatable bonds is 5. The predicted molar refractivity (Wildman–Crippen MR) is 106 cm³/mol. The van der Waals surface area contributed by atoms with Crippen molar-refractivity contribution in [2.75, 3.05) is 20.1 Å². The Labute approximate surface area is 174 Å². The third-order valence-corrected chi connectivity index (χ3v) is 3.96. The van der Waals surface area contributed by atoms with E-state index in [4.69, 9.17) is 14.0 Å². The molecule has 0 saturated carbocycles. The number of carbonyl (C=O) groups excluding carboxylic acids is 3. The van der Waals surface area contributed by atoms with Gasteiger partial charge in [0.25, 0.3) is 0 Å². The molecule has 2 N–H and O–H groups in total. The average molecular weight is 420 g/mol. The number of nitrogens with zero attached hydrogens (tertiary/aromatic N) is 1. The standard InChI is InChI=1S/C19H25BN2O8/c1-19(2,3)28-18(27)21-14(17(25)26)9-12-5-7-13(8-6-12)20-29-15(23)10-22(4)11-16(24)30-20/h5-8,14H,9-11H2,1-4H3,(H,21,27)(H,25,26)/t14-/m0/s1. The van der Waals surface area contributed by atoms with Gasteiger partial charge >= 0.3 is 31.1 Å². The molecule has 0 aromatic heterocycles. The third-order valence-electron chi connectivity index (χ3n) is 3.96. The fraction of sp³-hybridized carbons (Fsp3) is 0.474. The Balaban J connectivity index is 2.06. The van der Waals surface area contributed by atoms with Crippen LogP contribution in [0.25, 0.3) is 0 Å². The van der Waals surface area contributed by atoms with Gasteiger partial charge in [0.2, 0.25) is 0 Å². The molecule has 1 aromatic rings. The van der Waals surface area contributed by atoms with Gasteiger partial charge in [-0.2, -0.15) is 0 Å². The Morgan fingerprint density at radius 3 is 2.17 bits per heavy atom. The molecule has 11 heteroatoms. The van der Waals surface area contributed by atoms with Gasteiger partial charge in [-0.05, 0) is 33.4 Å². The Kier molecular flexibility index (Phi) is 7.44. The lowest BCUT2D eigenvalue weighted by molar-refractivity contribution is -0.145. The number of likely N-dealkylation sites (N-methyl/N-ethyl adjacent to an activating group) is 1. The first-order valence-corrected chi connectivity index (χ1v) is 9.31. The second kappa shape index (κ2) is 9.62. The van der Waals surface area contributed by atoms with E-state index in [1.165, 1.54) is 4.90 Å². The quantitative estimate of drug-likeness (QED) is 0.629. The number of ether oxygens (including phenoxy) is 1. The molecular formula is C19H25BN2O8. The molecular weight excluding hydrogens is 395 g/mol. The summed E-state index contributed by atoms with van der Waals surface area (Å²) in [6.07, 6.45) is -0.825. The number of alkyl carbamates (subject to hydrolysis) is 1. The normalized spacial score (nSPS) is 16.6. The number of nitrogens with one attached hydrogen (secondary N) is 1. The lowest BCUT2D eigenvalue weighted by Gasteiger charge is -2.23. The van der Waals surface area contributed by atoms with Crippen molar-refractivity contribution >= 4 is 36.6 Å². The molecule has 1 heterocycles. The summed E-state index contributed by atoms with van der Waals surface area (Å²) in [5, 5.41) is 11.7. The second-order valence-corrected chi connectivity index (χ2v) is 7.97. The Morgan fingerprint density at radius 2 is 1.70 bits per heavy atom. The minimum absolute atomic E-state index is 0.00386. The number of benzene rings is 1. The van der Waals surface area contributed by atoms with E-state index in [0.29, 0.717) is 11.0 Å². The van der Waals surface area contributed by atoms with Crippen LogP contribution in [0.2, 0.25) is 0 Å². The molecule has 2 rings (SSSR count). The van der Waals surface area contributed by atoms with Gasteiger partial charge in [-0.1, -0.05) is 24.3 Å². The highest BCUT2D eigenvalue weighted by Crippen LogP contribution is 2.09. The predicted octanol–water partition coefficient (Wildman–Crippen LogP) is -0.0660. The fourth-order valence-electron chi connectivity index (χ4n) is 2.67. The zero-order valence-electron chi connectivity index (χ0n) is 17.3. The van der Waals surface area contributed by atoms with Crippen LogP contribution >= 0.6 is 0 Å². The van der Waals surface area contributed by atoms with Gasteiger partial charge in [-0.25, -0.2) is 9.59 Å². The first-order valence-electron chi connectivity index (χ1n) is 9.31. The van der Waals surface area contributed by atoms with Gasteiger partial charge in [0, 0.05) is 11.9 Å². The van der Waals surface area contributed by atoms with Crippen molar-refractivity contribution in [1.29, 1.82) is 0 Å². The van der Waals surface area contributed by atoms with Gasteiger partial charge < -0.3 is 24.5 Å². The molecule has 30 heavy (non-hydrogen) atoms. The van der Waals surface area contributed by atoms with Crippen LogP contribution in [0.3, 0.4) is 0 Å². The van der Waals surface area contributed by atoms with Gasteiger partial charge in [-0.15, -0.1) is 0 Å². The molecule has 1 saturated heterocycles. The highest BCUT2D eigenvalue weighted by Gasteiger charge is 2.33. The highest BCUT2D eigenvalue weighted by atomic mass is 16.6. The van der Waals surface area contributed by atoms with E-state index in [2.05, 4.69) is 5.32 Å². The monoisotopic (exact) mass is 420 g/mol. The number of hydrogen-bond acceptors (Lipinski definition) is 8. The van der Waals surface area contributed by atoms with Crippen LogP contribution in [0.4, 0.5) is 4.79 Å². The number of aliphatic carboxylic acids is 1. The number of carboxylic acid groups (broad SMARTS) is 1. The van der Waals surface area contributed by atoms with E-state index in [-0.39, 0.29) is 19.5 Å². The summed E-state index contributed by atoms with van der Waals surface area (Å²) in [7, 11) is 0.421. The van der Waals surface area contributed by atoms with Crippen molar-refractivity contribution in [3.63, 3.8) is 0 Å². The molecule has 1 atom stereocenters. The van der Waals surface area contributed by atoms with Crippen LogP contribution in [0, 0.1) is 0 Å². The van der Waals surface area contributed by atoms with Crippen molar-refractivity contribution < 1.29 is 38.3 Å². The van der Waals surface area contributed by atoms with Gasteiger partial charge in [-0.3, -0.25) is 14.5 Å². The van der Waals surface area contributed by atoms with Crippen molar-refractivity contribution in [3.05, 3.63) is 29.8 Å². The first kappa shape index (κ1) is 23.2. The molecule has 0 radical (unpaired) electrons. The Hall–Kier alpha value is -3.08. The summed E-state index contributed by atoms with van der Waals surface area (Å²) < 4.78 is 15.5. The number of hydrogen-bond donors (Lipinski definition) is 2. The maximum atomic E-state index is 11.9. The van der Waals surface area contributed by atoms with Gasteiger partial charge in [0.1, 0.15) is 11.6 Å². The maximum absolute atomic E-state index is 11.9. The molecule has 1 fully saturated rings. The fourth-order valence-corrected chi connectivity index (χ4v) is 2.67. The minimum atomic E-state index is -1.21. The van der Waals surface area contributed by atoms with Crippen LogP contribution in [-0.4, -0.2) is 72.9 Å². The highest BCUT2D eigenvalue weighted by molar-refractivity contribution is 6.64. The van der Waals surface area contributed by atoms with Crippen LogP contribution in [-0.2, 0) is 34.9 Å². The first-order chi connectivity index (χ1) is 13.9. The molecule has 0 unspecified atom stereocenters. The maximum Gasteiger partial charge on any atom is 0.636 e. The summed E-state index contributed by atoms with van der Waals surface area (Å²) >= 11 is 0. The molecule has 1 amide bonds. The van der Waals surface area contributed by atoms with Gasteiger partial charge in [0.15, 0.2) is 0 Å². The third kappa shape index (κ3) is 7.39. The molecule has 0 spiro atoms. The molecule has 162 valence electrons. The topological polar surface area (TPSA) is 131 Å². The number of amides is 1. The van der Waals surface area contributed by atoms with Crippen molar-refractivity contribution in [2.45, 2.75) is 38.8 Å². The van der Waals surface area contributed by atoms with E-state index in [1.807, 2.05) is 0 Å². The van der Waals surface area contributed by atoms with Gasteiger partial charge in [0.05, 0.1) is 13.1 Å². The minimum Gasteiger partial charge on any atom is -0.494 e. The summed E-state index contributed by atoms with van der Waals surface area (Å²) in [6, 6.07) is 5.15. The van der Waals surface area contributed by atoms with Crippen LogP contribution in [0.15, 0.2) is 24.3 Å². The molecule has 0 aliphatic carbocycles. The average Bonchev–Trinajstić information content (AvgIpc) is 2.58. The molecule has 1 aliphatic heterocycles. The molecule has 0 bridgehead atoms. The largest absolute Gasteiger partial charge is 0.636 e. The van der Waals surface area contributed by atoms with E-state index in [9.17, 15) is 24.3 Å². The van der Waals surface area contributed by atoms with E-state index < -0.39 is 42.8 Å². The van der Waals surface area contributed by atoms with Crippen molar-refractivity contribution in [3.8, 4) is 0 Å². The van der Waals surface area contributed by atoms with Crippen molar-refractivity contribution in [1.82, 2.24) is 10.2 Å². The van der Waals surface area contributed by atoms with E-state index in [0.717, 1.165) is 0 Å². The lowest BCUT2D eigenvalue weighted by Crippen LogP contribution is -2.47. The number of carbonyl (C=O) groups is 4. The lowest BCUT2D eigenvalue weighted by atomic mass is 9.78. The van der Waals surface area contributed by atoms with Crippen molar-refractivity contribution in [2.24, 2.45) is 0 Å². The zero-order chi connectivity index (χ0) is 22.5. The molecule has 1 aromatic carbocycles. The Morgan fingerprint density at radius 1 is 1.17 bits per heavy atom. The SMILES string of the molecule is CN1CC(=O)OB(c2ccc(C[C@H](NC(=O)OC(C)(C)C)C(=O)O)cc2)OC(=O)C1. The number of carboxylic acids is 1. The zero-order valence-corrected chi connectivity index (χ0v) is 17.3. The molecule has 10 nitrogen and oxygen atoms in total. The smallest absolute Gasteiger partial charge is 0.494 e. The summed E-state index contributed by atoms with van der Waals surface area (Å²) in [5.41, 5.74) is 0.276. The summed E-state index contributed by atoms with van der Waals surface area (Å²) in [5.74, 6) is -2.28. The summed E-state index contributed by atoms with van der Waals surface area (Å²) in [6.45, 7) is 4.94. The summed E-state index contributed by atoms with van der Waals surface area (Å²) in [4.78, 5) is 48.6. The van der Waals surface area contributed by atoms with Crippen LogP contribution in [0.5, 0.6) is 0 Å². The molecule has 1 aliphatic rings. The van der Waals surface area contributed by atoms with E-state index in [1.54, 1.807) is 52.1 Å². The van der Waals surface area contributed by atoms with E-state index >= 15 is 0 Å². The second-order valence-electron chi connectivity index (χ2n) is 7.97. The Bertz CT molecular complexity index is 786. The van der Waals surface area contributed by atoms with Crippen LogP contribution < -0.4 is 10.8 Å². The van der Waals surface area contributed by atoms with Crippen LogP contribution in [0.1, 0.15) is 26.3 Å².